The molecule has 0 aliphatic carbocycles. The van der Waals surface area contributed by atoms with E-state index >= 15 is 0 Å². The maximum absolute atomic E-state index is 13.4. The molecule has 0 atom stereocenters. The Balaban J connectivity index is 1.44. The van der Waals surface area contributed by atoms with Crippen molar-refractivity contribution in [1.29, 1.82) is 5.26 Å². The van der Waals surface area contributed by atoms with Gasteiger partial charge >= 0.3 is 6.03 Å². The lowest BCUT2D eigenvalue weighted by Gasteiger charge is -2.28. The Morgan fingerprint density at radius 1 is 1.25 bits per heavy atom. The van der Waals surface area contributed by atoms with Gasteiger partial charge in [0, 0.05) is 24.2 Å². The fourth-order valence-electron chi connectivity index (χ4n) is 3.21. The van der Waals surface area contributed by atoms with Gasteiger partial charge in [0.05, 0.1) is 35.1 Å². The average molecular weight is 450 g/mol. The lowest BCUT2D eigenvalue weighted by molar-refractivity contribution is 0.192. The van der Waals surface area contributed by atoms with Crippen LogP contribution in [0, 0.1) is 17.1 Å². The molecule has 1 aliphatic heterocycles. The molecule has 2 N–H and O–H groups in total. The summed E-state index contributed by atoms with van der Waals surface area (Å²) in [5, 5.41) is 15.9. The molecule has 0 saturated heterocycles. The van der Waals surface area contributed by atoms with E-state index in [1.165, 1.54) is 24.7 Å². The number of nitrogens with one attached hydrogen (secondary N) is 2. The van der Waals surface area contributed by atoms with E-state index in [0.717, 1.165) is 16.8 Å². The van der Waals surface area contributed by atoms with Crippen LogP contribution < -0.4 is 10.7 Å². The van der Waals surface area contributed by atoms with E-state index in [0.29, 0.717) is 30.0 Å². The minimum atomic E-state index is -0.508. The second kappa shape index (κ2) is 9.41. The summed E-state index contributed by atoms with van der Waals surface area (Å²) < 4.78 is 13.4. The van der Waals surface area contributed by atoms with Crippen LogP contribution in [0.3, 0.4) is 0 Å². The molecule has 2 amide bonds. The number of nitriles is 1. The first-order chi connectivity index (χ1) is 15.5. The summed E-state index contributed by atoms with van der Waals surface area (Å²) in [5.41, 5.74) is 6.00. The number of fused-ring (bicyclic) bond motifs is 1. The highest BCUT2D eigenvalue weighted by atomic mass is 35.5. The van der Waals surface area contributed by atoms with Gasteiger partial charge in [-0.25, -0.2) is 24.6 Å². The van der Waals surface area contributed by atoms with Gasteiger partial charge in [0.25, 0.3) is 0 Å². The molecule has 160 valence electrons. The summed E-state index contributed by atoms with van der Waals surface area (Å²) in [5.74, 6) is 0.0163. The van der Waals surface area contributed by atoms with Gasteiger partial charge in [-0.3, -0.25) is 0 Å². The van der Waals surface area contributed by atoms with E-state index in [1.807, 2.05) is 6.07 Å². The van der Waals surface area contributed by atoms with E-state index in [2.05, 4.69) is 25.8 Å². The Morgan fingerprint density at radius 3 is 2.81 bits per heavy atom. The molecule has 0 radical (unpaired) electrons. The molecule has 2 heterocycles. The van der Waals surface area contributed by atoms with Crippen LogP contribution in [0.25, 0.3) is 0 Å². The summed E-state index contributed by atoms with van der Waals surface area (Å²) in [6, 6.07) is 12.8. The second-order valence-electron chi connectivity index (χ2n) is 6.98. The molecule has 32 heavy (non-hydrogen) atoms. The summed E-state index contributed by atoms with van der Waals surface area (Å²) in [7, 11) is 0. The standard InChI is InChI=1S/C22H17ClFN7O/c23-18-9-16(5-6-19(18)24)29-21-17-12-31(8-7-20(17)26-13-27-21)22(32)30-28-11-15-3-1-14(10-25)2-4-15/h1-6,9,11,13H,7-8,12H2,(H,30,32)(H,26,27,29)/b28-11+. The number of hydrogen-bond acceptors (Lipinski definition) is 6. The molecule has 4 rings (SSSR count). The molecule has 2 aromatic carbocycles. The predicted molar refractivity (Wildman–Crippen MR) is 118 cm³/mol. The van der Waals surface area contributed by atoms with Gasteiger partial charge in [0.1, 0.15) is 18.0 Å². The molecule has 8 nitrogen and oxygen atoms in total. The number of halogens is 2. The zero-order valence-corrected chi connectivity index (χ0v) is 17.5. The van der Waals surface area contributed by atoms with Gasteiger partial charge < -0.3 is 10.2 Å². The van der Waals surface area contributed by atoms with E-state index in [9.17, 15) is 9.18 Å². The number of aromatic nitrogens is 2. The number of amides is 2. The van der Waals surface area contributed by atoms with Gasteiger partial charge in [-0.1, -0.05) is 23.7 Å². The number of carbonyl (C=O) groups is 1. The van der Waals surface area contributed by atoms with Gasteiger partial charge in [-0.05, 0) is 35.9 Å². The van der Waals surface area contributed by atoms with Crippen LogP contribution >= 0.6 is 11.6 Å². The zero-order valence-electron chi connectivity index (χ0n) is 16.7. The SMILES string of the molecule is N#Cc1ccc(/C=N/NC(=O)N2CCc3ncnc(Nc4ccc(F)c(Cl)c4)c3C2)cc1. The van der Waals surface area contributed by atoms with Crippen molar-refractivity contribution in [3.8, 4) is 6.07 Å². The van der Waals surface area contributed by atoms with E-state index in [1.54, 1.807) is 35.2 Å². The van der Waals surface area contributed by atoms with Gasteiger partial charge in [0.2, 0.25) is 0 Å². The molecule has 0 saturated carbocycles. The fourth-order valence-corrected chi connectivity index (χ4v) is 3.39. The topological polar surface area (TPSA) is 106 Å². The van der Waals surface area contributed by atoms with E-state index < -0.39 is 5.82 Å². The van der Waals surface area contributed by atoms with Crippen molar-refractivity contribution in [2.75, 3.05) is 11.9 Å². The number of hydrogen-bond donors (Lipinski definition) is 2. The Labute approximate surface area is 188 Å². The molecule has 1 aliphatic rings. The van der Waals surface area contributed by atoms with Gasteiger partial charge in [0.15, 0.2) is 0 Å². The molecule has 0 fully saturated rings. The zero-order chi connectivity index (χ0) is 22.5. The first kappa shape index (κ1) is 21.2. The summed E-state index contributed by atoms with van der Waals surface area (Å²) in [6.07, 6.45) is 3.51. The van der Waals surface area contributed by atoms with Crippen LogP contribution in [0.5, 0.6) is 0 Å². The van der Waals surface area contributed by atoms with E-state index in [-0.39, 0.29) is 17.6 Å². The van der Waals surface area contributed by atoms with Crippen LogP contribution in [-0.2, 0) is 13.0 Å². The van der Waals surface area contributed by atoms with Gasteiger partial charge in [-0.2, -0.15) is 10.4 Å². The maximum atomic E-state index is 13.4. The van der Waals surface area contributed by atoms with Crippen LogP contribution in [0.15, 0.2) is 53.9 Å². The molecule has 0 bridgehead atoms. The van der Waals surface area contributed by atoms with E-state index in [4.69, 9.17) is 16.9 Å². The Morgan fingerprint density at radius 2 is 2.06 bits per heavy atom. The molecule has 10 heteroatoms. The third-order valence-electron chi connectivity index (χ3n) is 4.89. The highest BCUT2D eigenvalue weighted by Gasteiger charge is 2.24. The molecule has 0 spiro atoms. The predicted octanol–water partition coefficient (Wildman–Crippen LogP) is 3.99. The first-order valence-electron chi connectivity index (χ1n) is 9.66. The summed E-state index contributed by atoms with van der Waals surface area (Å²) in [4.78, 5) is 22.8. The second-order valence-corrected chi connectivity index (χ2v) is 7.39. The number of nitrogens with zero attached hydrogens (tertiary/aromatic N) is 5. The Kier molecular flexibility index (Phi) is 6.24. The molecular formula is C22H17ClFN7O. The number of urea groups is 1. The Bertz CT molecular complexity index is 1220. The summed E-state index contributed by atoms with van der Waals surface area (Å²) in [6.45, 7) is 0.760. The first-order valence-corrected chi connectivity index (χ1v) is 10.0. The minimum absolute atomic E-state index is 0.000877. The van der Waals surface area contributed by atoms with Crippen LogP contribution in [0.1, 0.15) is 22.4 Å². The van der Waals surface area contributed by atoms with Crippen molar-refractivity contribution >= 4 is 35.4 Å². The van der Waals surface area contributed by atoms with Crippen LogP contribution in [0.2, 0.25) is 5.02 Å². The molecule has 0 unspecified atom stereocenters. The van der Waals surface area contributed by atoms with Crippen LogP contribution in [-0.4, -0.2) is 33.7 Å². The molecular weight excluding hydrogens is 433 g/mol. The Hall–Kier alpha value is -4.03. The van der Waals surface area contributed by atoms with Crippen LogP contribution in [0.4, 0.5) is 20.7 Å². The number of anilines is 2. The van der Waals surface area contributed by atoms with Crippen molar-refractivity contribution in [2.45, 2.75) is 13.0 Å². The number of hydrazone groups is 1. The smallest absolute Gasteiger partial charge is 0.338 e. The highest BCUT2D eigenvalue weighted by molar-refractivity contribution is 6.31. The number of rotatable bonds is 4. The number of benzene rings is 2. The fraction of sp³-hybridized carbons (Fsp3) is 0.136. The third-order valence-corrected chi connectivity index (χ3v) is 5.17. The van der Waals surface area contributed by atoms with Crippen molar-refractivity contribution in [2.24, 2.45) is 5.10 Å². The largest absolute Gasteiger partial charge is 0.340 e. The quantitative estimate of drug-likeness (QED) is 0.462. The third kappa shape index (κ3) is 4.82. The van der Waals surface area contributed by atoms with Crippen molar-refractivity contribution in [1.82, 2.24) is 20.3 Å². The lowest BCUT2D eigenvalue weighted by Crippen LogP contribution is -2.41. The normalized spacial score (nSPS) is 12.8. The minimum Gasteiger partial charge on any atom is -0.340 e. The molecule has 1 aromatic heterocycles. The van der Waals surface area contributed by atoms with Crippen molar-refractivity contribution in [3.05, 3.63) is 82.0 Å². The van der Waals surface area contributed by atoms with Gasteiger partial charge in [-0.15, -0.1) is 0 Å². The molecule has 3 aromatic rings. The van der Waals surface area contributed by atoms with Crippen molar-refractivity contribution in [3.63, 3.8) is 0 Å². The summed E-state index contributed by atoms with van der Waals surface area (Å²) >= 11 is 5.86. The lowest BCUT2D eigenvalue weighted by atomic mass is 10.1. The van der Waals surface area contributed by atoms with Crippen molar-refractivity contribution < 1.29 is 9.18 Å². The monoisotopic (exact) mass is 449 g/mol. The number of carbonyl (C=O) groups excluding carboxylic acids is 1. The highest BCUT2D eigenvalue weighted by Crippen LogP contribution is 2.27. The maximum Gasteiger partial charge on any atom is 0.338 e. The average Bonchev–Trinajstić information content (AvgIpc) is 2.82.